The number of hydrogen-bond donors (Lipinski definition) is 1. The Balaban J connectivity index is 1.46. The van der Waals surface area contributed by atoms with Gasteiger partial charge in [0.15, 0.2) is 17.2 Å². The van der Waals surface area contributed by atoms with Gasteiger partial charge in [-0.15, -0.1) is 10.2 Å². The van der Waals surface area contributed by atoms with Gasteiger partial charge in [-0.25, -0.2) is 14.4 Å². The van der Waals surface area contributed by atoms with Crippen LogP contribution in [0.4, 0.5) is 23.4 Å². The summed E-state index contributed by atoms with van der Waals surface area (Å²) >= 11 is 0. The summed E-state index contributed by atoms with van der Waals surface area (Å²) in [5.41, 5.74) is 2.37. The van der Waals surface area contributed by atoms with Crippen LogP contribution in [0.15, 0.2) is 36.9 Å². The first-order chi connectivity index (χ1) is 15.9. The monoisotopic (exact) mass is 458 g/mol. The standard InChI is InChI=1S/C21H14F4N6O2/c22-14-1-2-15-17-11(7-32-15)8-33-16-3-12(10-4-27-20(28-5-10)21(23,24)25)18-30-29-9-31(18)19(16)26-6-13(14)17/h1-5,9,11,26H,6-8H2/t11-/m0/s1. The number of nitrogens with zero attached hydrogens (tertiary/aromatic N) is 5. The summed E-state index contributed by atoms with van der Waals surface area (Å²) in [5, 5.41) is 11.2. The molecule has 12 heteroatoms. The second-order valence-electron chi connectivity index (χ2n) is 7.70. The van der Waals surface area contributed by atoms with Crippen molar-refractivity contribution in [1.29, 1.82) is 0 Å². The number of fused-ring (bicyclic) bond motifs is 3. The molecule has 2 aliphatic rings. The molecule has 0 unspecified atom stereocenters. The Hall–Kier alpha value is -3.96. The summed E-state index contributed by atoms with van der Waals surface area (Å²) in [6.07, 6.45) is -1.04. The van der Waals surface area contributed by atoms with Crippen molar-refractivity contribution in [1.82, 2.24) is 24.6 Å². The van der Waals surface area contributed by atoms with Gasteiger partial charge in [0.2, 0.25) is 5.82 Å². The largest absolute Gasteiger partial charge is 0.493 e. The molecule has 2 aliphatic heterocycles. The van der Waals surface area contributed by atoms with E-state index in [2.05, 4.69) is 25.5 Å². The average Bonchev–Trinajstić information content (AvgIpc) is 3.44. The minimum absolute atomic E-state index is 0.168. The molecular formula is C21H14F4N6O2. The van der Waals surface area contributed by atoms with Crippen molar-refractivity contribution in [3.8, 4) is 22.6 Å². The summed E-state index contributed by atoms with van der Waals surface area (Å²) in [4.78, 5) is 6.88. The lowest BCUT2D eigenvalue weighted by Gasteiger charge is -2.16. The number of anilines is 1. The van der Waals surface area contributed by atoms with E-state index in [0.717, 1.165) is 18.0 Å². The smallest absolute Gasteiger partial charge is 0.451 e. The van der Waals surface area contributed by atoms with Gasteiger partial charge in [-0.1, -0.05) is 0 Å². The Morgan fingerprint density at radius 3 is 2.58 bits per heavy atom. The second kappa shape index (κ2) is 7.02. The summed E-state index contributed by atoms with van der Waals surface area (Å²) in [6.45, 7) is 0.742. The molecule has 0 saturated carbocycles. The van der Waals surface area contributed by atoms with Crippen molar-refractivity contribution >= 4 is 11.5 Å². The zero-order valence-electron chi connectivity index (χ0n) is 16.7. The third kappa shape index (κ3) is 3.12. The molecule has 4 aromatic rings. The lowest BCUT2D eigenvalue weighted by molar-refractivity contribution is -0.144. The fourth-order valence-electron chi connectivity index (χ4n) is 4.21. The molecule has 33 heavy (non-hydrogen) atoms. The number of hydrogen-bond acceptors (Lipinski definition) is 7. The van der Waals surface area contributed by atoms with Gasteiger partial charge in [0.1, 0.15) is 17.9 Å². The first kappa shape index (κ1) is 19.7. The normalized spacial score (nSPS) is 17.2. The zero-order chi connectivity index (χ0) is 22.7. The fraction of sp³-hybridized carbons (Fsp3) is 0.238. The maximum absolute atomic E-state index is 14.7. The van der Waals surface area contributed by atoms with E-state index in [1.54, 1.807) is 16.5 Å². The van der Waals surface area contributed by atoms with Crippen LogP contribution >= 0.6 is 0 Å². The van der Waals surface area contributed by atoms with Crippen LogP contribution < -0.4 is 14.8 Å². The first-order valence-corrected chi connectivity index (χ1v) is 9.97. The number of ether oxygens (including phenoxy) is 2. The molecule has 0 radical (unpaired) electrons. The molecule has 0 saturated heterocycles. The van der Waals surface area contributed by atoms with E-state index in [9.17, 15) is 17.6 Å². The molecule has 168 valence electrons. The highest BCUT2D eigenvalue weighted by Crippen LogP contribution is 2.41. The number of benzene rings is 1. The van der Waals surface area contributed by atoms with Crippen molar-refractivity contribution in [3.05, 3.63) is 59.7 Å². The van der Waals surface area contributed by atoms with E-state index in [1.807, 2.05) is 0 Å². The summed E-state index contributed by atoms with van der Waals surface area (Å²) in [6, 6.07) is 4.63. The molecular weight excluding hydrogens is 444 g/mol. The maximum Gasteiger partial charge on any atom is 0.451 e. The summed E-state index contributed by atoms with van der Waals surface area (Å²) in [5.74, 6) is -0.235. The van der Waals surface area contributed by atoms with Gasteiger partial charge < -0.3 is 14.8 Å². The minimum atomic E-state index is -4.65. The zero-order valence-corrected chi connectivity index (χ0v) is 16.7. The SMILES string of the molecule is Fc1ccc2c3c1CNc1c(cc(-c4cnc(C(F)(F)F)nc4)c4nncn14)OC[C@@H]3CO2. The van der Waals surface area contributed by atoms with E-state index in [1.165, 1.54) is 12.4 Å². The molecule has 0 amide bonds. The van der Waals surface area contributed by atoms with Crippen LogP contribution in [-0.4, -0.2) is 37.8 Å². The molecule has 1 atom stereocenters. The number of alkyl halides is 3. The number of aromatic nitrogens is 5. The molecule has 0 spiro atoms. The van der Waals surface area contributed by atoms with E-state index < -0.39 is 12.0 Å². The fourth-order valence-corrected chi connectivity index (χ4v) is 4.21. The van der Waals surface area contributed by atoms with Crippen molar-refractivity contribution in [3.63, 3.8) is 0 Å². The molecule has 5 heterocycles. The van der Waals surface area contributed by atoms with E-state index in [0.29, 0.717) is 46.3 Å². The van der Waals surface area contributed by atoms with Crippen LogP contribution in [0.3, 0.4) is 0 Å². The van der Waals surface area contributed by atoms with E-state index in [-0.39, 0.29) is 24.9 Å². The molecule has 1 N–H and O–H groups in total. The van der Waals surface area contributed by atoms with Gasteiger partial charge in [-0.2, -0.15) is 13.2 Å². The highest BCUT2D eigenvalue weighted by molar-refractivity contribution is 5.81. The Morgan fingerprint density at radius 2 is 1.82 bits per heavy atom. The van der Waals surface area contributed by atoms with E-state index >= 15 is 0 Å². The van der Waals surface area contributed by atoms with Crippen LogP contribution in [-0.2, 0) is 12.7 Å². The van der Waals surface area contributed by atoms with Crippen LogP contribution in [0.25, 0.3) is 16.8 Å². The Bertz CT molecular complexity index is 1390. The predicted octanol–water partition coefficient (Wildman–Crippen LogP) is 3.82. The third-order valence-corrected chi connectivity index (χ3v) is 5.74. The van der Waals surface area contributed by atoms with Crippen LogP contribution in [0.5, 0.6) is 11.5 Å². The number of halogens is 4. The quantitative estimate of drug-likeness (QED) is 0.434. The van der Waals surface area contributed by atoms with Gasteiger partial charge in [0, 0.05) is 41.2 Å². The topological polar surface area (TPSA) is 86.5 Å². The van der Waals surface area contributed by atoms with Gasteiger partial charge in [0.25, 0.3) is 0 Å². The Morgan fingerprint density at radius 1 is 1.06 bits per heavy atom. The molecule has 3 aromatic heterocycles. The maximum atomic E-state index is 14.7. The van der Waals surface area contributed by atoms with Crippen LogP contribution in [0.2, 0.25) is 0 Å². The van der Waals surface area contributed by atoms with Gasteiger partial charge in [-0.3, -0.25) is 4.40 Å². The van der Waals surface area contributed by atoms with Crippen molar-refractivity contribution in [2.45, 2.75) is 18.6 Å². The number of rotatable bonds is 1. The predicted molar refractivity (Wildman–Crippen MR) is 106 cm³/mol. The average molecular weight is 458 g/mol. The summed E-state index contributed by atoms with van der Waals surface area (Å²) < 4.78 is 66.7. The lowest BCUT2D eigenvalue weighted by Crippen LogP contribution is -2.13. The van der Waals surface area contributed by atoms with Crippen molar-refractivity contribution in [2.24, 2.45) is 0 Å². The highest BCUT2D eigenvalue weighted by Gasteiger charge is 2.35. The van der Waals surface area contributed by atoms with Gasteiger partial charge in [0.05, 0.1) is 19.1 Å². The molecule has 0 aliphatic carbocycles. The Labute approximate surface area is 183 Å². The van der Waals surface area contributed by atoms with Crippen molar-refractivity contribution in [2.75, 3.05) is 18.5 Å². The first-order valence-electron chi connectivity index (χ1n) is 9.97. The summed E-state index contributed by atoms with van der Waals surface area (Å²) in [7, 11) is 0. The number of nitrogens with one attached hydrogen (secondary N) is 1. The molecule has 8 nitrogen and oxygen atoms in total. The highest BCUT2D eigenvalue weighted by atomic mass is 19.4. The van der Waals surface area contributed by atoms with E-state index in [4.69, 9.17) is 9.47 Å². The van der Waals surface area contributed by atoms with Gasteiger partial charge in [-0.05, 0) is 18.2 Å². The van der Waals surface area contributed by atoms with Gasteiger partial charge >= 0.3 is 6.18 Å². The molecule has 6 rings (SSSR count). The third-order valence-electron chi connectivity index (χ3n) is 5.74. The second-order valence-corrected chi connectivity index (χ2v) is 7.70. The minimum Gasteiger partial charge on any atom is -0.493 e. The van der Waals surface area contributed by atoms with Crippen LogP contribution in [0, 0.1) is 5.82 Å². The Kier molecular flexibility index (Phi) is 4.19. The van der Waals surface area contributed by atoms with Crippen LogP contribution in [0.1, 0.15) is 22.9 Å². The lowest BCUT2D eigenvalue weighted by atomic mass is 9.96. The molecule has 0 fully saturated rings. The molecule has 0 bridgehead atoms. The molecule has 1 aromatic carbocycles. The number of pyridine rings is 1. The van der Waals surface area contributed by atoms with Crippen molar-refractivity contribution < 1.29 is 27.0 Å².